The molecule has 0 saturated carbocycles. The Morgan fingerprint density at radius 3 is 2.54 bits per heavy atom. The molecule has 0 atom stereocenters. The van der Waals surface area contributed by atoms with Crippen molar-refractivity contribution < 1.29 is 14.3 Å². The standard InChI is InChI=1S/C19H17N3O3S/c1-13(23)25-17-12-26-19(21-17)22-18(24)20-16-10-6-5-9-15(16)11-14-7-3-2-4-8-14/h2-10,12H,11H2,1H3,(H2,20,21,22,24). The fourth-order valence-corrected chi connectivity index (χ4v) is 2.98. The molecule has 0 bridgehead atoms. The molecule has 2 amide bonds. The highest BCUT2D eigenvalue weighted by molar-refractivity contribution is 7.14. The van der Waals surface area contributed by atoms with Crippen molar-refractivity contribution in [1.82, 2.24) is 4.98 Å². The number of benzene rings is 2. The summed E-state index contributed by atoms with van der Waals surface area (Å²) in [5, 5.41) is 7.38. The van der Waals surface area contributed by atoms with Gasteiger partial charge >= 0.3 is 12.0 Å². The number of nitrogens with one attached hydrogen (secondary N) is 2. The molecule has 0 radical (unpaired) electrons. The van der Waals surface area contributed by atoms with E-state index in [0.29, 0.717) is 11.6 Å². The van der Waals surface area contributed by atoms with Gasteiger partial charge in [-0.05, 0) is 23.6 Å². The van der Waals surface area contributed by atoms with Gasteiger partial charge in [-0.15, -0.1) is 11.3 Å². The molecule has 0 saturated heterocycles. The topological polar surface area (TPSA) is 80.3 Å². The third kappa shape index (κ3) is 4.90. The van der Waals surface area contributed by atoms with Crippen LogP contribution < -0.4 is 15.4 Å². The Kier molecular flexibility index (Phi) is 5.60. The van der Waals surface area contributed by atoms with E-state index in [9.17, 15) is 9.59 Å². The Labute approximate surface area is 154 Å². The molecule has 7 heteroatoms. The molecule has 0 unspecified atom stereocenters. The Morgan fingerprint density at radius 1 is 1.04 bits per heavy atom. The quantitative estimate of drug-likeness (QED) is 0.659. The van der Waals surface area contributed by atoms with Crippen molar-refractivity contribution in [2.24, 2.45) is 0 Å². The number of hydrogen-bond donors (Lipinski definition) is 2. The van der Waals surface area contributed by atoms with Crippen LogP contribution in [-0.4, -0.2) is 17.0 Å². The molecular weight excluding hydrogens is 350 g/mol. The van der Waals surface area contributed by atoms with Crippen LogP contribution in [0.15, 0.2) is 60.0 Å². The van der Waals surface area contributed by atoms with Crippen LogP contribution >= 0.6 is 11.3 Å². The molecule has 1 heterocycles. The van der Waals surface area contributed by atoms with E-state index in [4.69, 9.17) is 4.74 Å². The number of thiazole rings is 1. The van der Waals surface area contributed by atoms with Crippen molar-refractivity contribution in [2.75, 3.05) is 10.6 Å². The van der Waals surface area contributed by atoms with Crippen molar-refractivity contribution in [3.8, 4) is 5.88 Å². The SMILES string of the molecule is CC(=O)Oc1csc(NC(=O)Nc2ccccc2Cc2ccccc2)n1. The first-order chi connectivity index (χ1) is 12.6. The van der Waals surface area contributed by atoms with Gasteiger partial charge in [-0.1, -0.05) is 48.5 Å². The van der Waals surface area contributed by atoms with Crippen LogP contribution in [-0.2, 0) is 11.2 Å². The highest BCUT2D eigenvalue weighted by Crippen LogP contribution is 2.22. The lowest BCUT2D eigenvalue weighted by atomic mass is 10.0. The Balaban J connectivity index is 1.66. The van der Waals surface area contributed by atoms with Crippen LogP contribution in [0.1, 0.15) is 18.1 Å². The third-order valence-corrected chi connectivity index (χ3v) is 4.19. The maximum Gasteiger partial charge on any atom is 0.325 e. The van der Waals surface area contributed by atoms with E-state index in [1.807, 2.05) is 54.6 Å². The Morgan fingerprint density at radius 2 is 1.77 bits per heavy atom. The predicted molar refractivity (Wildman–Crippen MR) is 102 cm³/mol. The predicted octanol–water partition coefficient (Wildman–Crippen LogP) is 4.30. The highest BCUT2D eigenvalue weighted by Gasteiger charge is 2.11. The summed E-state index contributed by atoms with van der Waals surface area (Å²) >= 11 is 1.18. The van der Waals surface area contributed by atoms with Gasteiger partial charge in [0.2, 0.25) is 5.88 Å². The monoisotopic (exact) mass is 367 g/mol. The van der Waals surface area contributed by atoms with E-state index < -0.39 is 12.0 Å². The summed E-state index contributed by atoms with van der Waals surface area (Å²) < 4.78 is 4.87. The van der Waals surface area contributed by atoms with Gasteiger partial charge in [-0.25, -0.2) is 4.79 Å². The van der Waals surface area contributed by atoms with E-state index in [0.717, 1.165) is 16.8 Å². The van der Waals surface area contributed by atoms with Crippen LogP contribution in [0.3, 0.4) is 0 Å². The van der Waals surface area contributed by atoms with Gasteiger partial charge in [0, 0.05) is 12.6 Å². The van der Waals surface area contributed by atoms with Crippen LogP contribution in [0.2, 0.25) is 0 Å². The number of carbonyl (C=O) groups excluding carboxylic acids is 2. The van der Waals surface area contributed by atoms with Gasteiger partial charge in [-0.2, -0.15) is 4.98 Å². The zero-order valence-electron chi connectivity index (χ0n) is 14.1. The zero-order valence-corrected chi connectivity index (χ0v) is 14.9. The molecule has 1 aromatic heterocycles. The van der Waals surface area contributed by atoms with Gasteiger partial charge in [0.15, 0.2) is 5.13 Å². The van der Waals surface area contributed by atoms with Crippen LogP contribution in [0.5, 0.6) is 5.88 Å². The summed E-state index contributed by atoms with van der Waals surface area (Å²) in [5.41, 5.74) is 2.90. The number of carbonyl (C=O) groups is 2. The average Bonchev–Trinajstić information content (AvgIpc) is 3.03. The molecule has 0 aliphatic carbocycles. The average molecular weight is 367 g/mol. The largest absolute Gasteiger partial charge is 0.407 e. The fraction of sp³-hybridized carbons (Fsp3) is 0.105. The molecule has 2 aromatic carbocycles. The second kappa shape index (κ2) is 8.26. The summed E-state index contributed by atoms with van der Waals surface area (Å²) in [4.78, 5) is 27.2. The smallest absolute Gasteiger partial charge is 0.325 e. The number of nitrogens with zero attached hydrogens (tertiary/aromatic N) is 1. The third-order valence-electron chi connectivity index (χ3n) is 3.45. The first-order valence-electron chi connectivity index (χ1n) is 7.94. The van der Waals surface area contributed by atoms with Gasteiger partial charge in [0.25, 0.3) is 0 Å². The lowest BCUT2D eigenvalue weighted by Crippen LogP contribution is -2.20. The number of hydrogen-bond acceptors (Lipinski definition) is 5. The van der Waals surface area contributed by atoms with E-state index in [2.05, 4.69) is 15.6 Å². The minimum absolute atomic E-state index is 0.169. The molecule has 132 valence electrons. The maximum atomic E-state index is 12.3. The van der Waals surface area contributed by atoms with E-state index in [-0.39, 0.29) is 5.88 Å². The number of para-hydroxylation sites is 1. The second-order valence-electron chi connectivity index (χ2n) is 5.48. The Bertz CT molecular complexity index is 909. The molecule has 3 aromatic rings. The maximum absolute atomic E-state index is 12.3. The number of ether oxygens (including phenoxy) is 1. The van der Waals surface area contributed by atoms with E-state index in [1.54, 1.807) is 5.38 Å². The Hall–Kier alpha value is -3.19. The lowest BCUT2D eigenvalue weighted by molar-refractivity contribution is -0.132. The van der Waals surface area contributed by atoms with Crippen molar-refractivity contribution in [3.05, 3.63) is 71.1 Å². The number of esters is 1. The van der Waals surface area contributed by atoms with Crippen molar-refractivity contribution in [2.45, 2.75) is 13.3 Å². The summed E-state index contributed by atoms with van der Waals surface area (Å²) in [5.74, 6) is -0.289. The number of aromatic nitrogens is 1. The number of urea groups is 1. The summed E-state index contributed by atoms with van der Waals surface area (Å²) in [6.07, 6.45) is 0.713. The number of amides is 2. The van der Waals surface area contributed by atoms with Gasteiger partial charge in [-0.3, -0.25) is 10.1 Å². The van der Waals surface area contributed by atoms with Crippen LogP contribution in [0.4, 0.5) is 15.6 Å². The molecular formula is C19H17N3O3S. The highest BCUT2D eigenvalue weighted by atomic mass is 32.1. The molecule has 6 nitrogen and oxygen atoms in total. The van der Waals surface area contributed by atoms with Crippen molar-refractivity contribution >= 4 is 34.2 Å². The van der Waals surface area contributed by atoms with E-state index >= 15 is 0 Å². The number of anilines is 2. The summed E-state index contributed by atoms with van der Waals surface area (Å²) in [6.45, 7) is 1.29. The van der Waals surface area contributed by atoms with E-state index in [1.165, 1.54) is 18.3 Å². The summed E-state index contributed by atoms with van der Waals surface area (Å²) in [6, 6.07) is 17.3. The fourth-order valence-electron chi connectivity index (χ4n) is 2.37. The second-order valence-corrected chi connectivity index (χ2v) is 6.34. The van der Waals surface area contributed by atoms with Crippen LogP contribution in [0.25, 0.3) is 0 Å². The molecule has 0 fully saturated rings. The molecule has 26 heavy (non-hydrogen) atoms. The van der Waals surface area contributed by atoms with Crippen molar-refractivity contribution in [3.63, 3.8) is 0 Å². The van der Waals surface area contributed by atoms with Crippen molar-refractivity contribution in [1.29, 1.82) is 0 Å². The molecule has 0 aliphatic heterocycles. The summed E-state index contributed by atoms with van der Waals surface area (Å²) in [7, 11) is 0. The molecule has 2 N–H and O–H groups in total. The van der Waals surface area contributed by atoms with Gasteiger partial charge in [0.05, 0.1) is 5.38 Å². The van der Waals surface area contributed by atoms with Gasteiger partial charge < -0.3 is 10.1 Å². The molecule has 0 spiro atoms. The molecule has 3 rings (SSSR count). The first-order valence-corrected chi connectivity index (χ1v) is 8.82. The lowest BCUT2D eigenvalue weighted by Gasteiger charge is -2.11. The van der Waals surface area contributed by atoms with Gasteiger partial charge in [0.1, 0.15) is 0 Å². The minimum Gasteiger partial charge on any atom is -0.407 e. The zero-order chi connectivity index (χ0) is 18.4. The first kappa shape index (κ1) is 17.6. The number of rotatable bonds is 5. The minimum atomic E-state index is -0.457. The van der Waals surface area contributed by atoms with Crippen LogP contribution in [0, 0.1) is 0 Å². The normalized spacial score (nSPS) is 10.2. The molecule has 0 aliphatic rings.